The van der Waals surface area contributed by atoms with Gasteiger partial charge in [-0.05, 0) is 26.0 Å². The molecule has 0 aromatic carbocycles. The summed E-state index contributed by atoms with van der Waals surface area (Å²) in [7, 11) is 0. The molecule has 0 bridgehead atoms. The van der Waals surface area contributed by atoms with Crippen LogP contribution in [0.3, 0.4) is 0 Å². The van der Waals surface area contributed by atoms with Gasteiger partial charge in [0.05, 0.1) is 11.2 Å². The molecular formula is C12H15N3OS. The van der Waals surface area contributed by atoms with Crippen LogP contribution in [0.4, 0.5) is 0 Å². The molecule has 0 aliphatic heterocycles. The van der Waals surface area contributed by atoms with Crippen LogP contribution in [0, 0.1) is 6.92 Å². The van der Waals surface area contributed by atoms with Crippen LogP contribution in [0.25, 0.3) is 0 Å². The van der Waals surface area contributed by atoms with Gasteiger partial charge in [0.15, 0.2) is 0 Å². The smallest absolute Gasteiger partial charge is 0.261 e. The summed E-state index contributed by atoms with van der Waals surface area (Å²) in [6.45, 7) is 4.71. The summed E-state index contributed by atoms with van der Waals surface area (Å²) in [6.07, 6.45) is 5.37. The van der Waals surface area contributed by atoms with Crippen LogP contribution in [0.15, 0.2) is 30.9 Å². The standard InChI is InChI=1S/C12H15N3OS/c1-9(7-15-6-5-13-8-15)14-12(16)11-4-3-10(2)17-11/h3-6,8-9H,7H2,1-2H3,(H,14,16). The summed E-state index contributed by atoms with van der Waals surface area (Å²) in [5.74, 6) is -0.00397. The highest BCUT2D eigenvalue weighted by molar-refractivity contribution is 7.13. The molecule has 2 aromatic heterocycles. The largest absolute Gasteiger partial charge is 0.347 e. The van der Waals surface area contributed by atoms with Gasteiger partial charge in [-0.25, -0.2) is 4.98 Å². The number of nitrogens with zero attached hydrogens (tertiary/aromatic N) is 2. The minimum atomic E-state index is -0.00397. The van der Waals surface area contributed by atoms with Crippen molar-refractivity contribution < 1.29 is 4.79 Å². The highest BCUT2D eigenvalue weighted by Crippen LogP contribution is 2.14. The van der Waals surface area contributed by atoms with Crippen molar-refractivity contribution in [3.63, 3.8) is 0 Å². The number of nitrogens with one attached hydrogen (secondary N) is 1. The van der Waals surface area contributed by atoms with Gasteiger partial charge in [0.2, 0.25) is 0 Å². The van der Waals surface area contributed by atoms with E-state index in [0.717, 1.165) is 16.3 Å². The van der Waals surface area contributed by atoms with Crippen molar-refractivity contribution in [2.45, 2.75) is 26.4 Å². The number of thiophene rings is 1. The molecule has 1 unspecified atom stereocenters. The van der Waals surface area contributed by atoms with Gasteiger partial charge in [0.1, 0.15) is 0 Å². The van der Waals surface area contributed by atoms with Crippen molar-refractivity contribution in [2.24, 2.45) is 0 Å². The van der Waals surface area contributed by atoms with E-state index >= 15 is 0 Å². The number of hydrogen-bond acceptors (Lipinski definition) is 3. The van der Waals surface area contributed by atoms with Crippen molar-refractivity contribution in [1.29, 1.82) is 0 Å². The Bertz CT molecular complexity index is 490. The molecule has 2 heterocycles. The molecule has 0 spiro atoms. The Morgan fingerprint density at radius 1 is 1.59 bits per heavy atom. The second-order valence-electron chi connectivity index (χ2n) is 4.04. The zero-order valence-electron chi connectivity index (χ0n) is 9.88. The molecule has 0 radical (unpaired) electrons. The molecule has 5 heteroatoms. The maximum Gasteiger partial charge on any atom is 0.261 e. The Morgan fingerprint density at radius 3 is 3.00 bits per heavy atom. The summed E-state index contributed by atoms with van der Waals surface area (Å²) < 4.78 is 1.95. The second kappa shape index (κ2) is 5.14. The minimum Gasteiger partial charge on any atom is -0.347 e. The summed E-state index contributed by atoms with van der Waals surface area (Å²) >= 11 is 1.51. The van der Waals surface area contributed by atoms with Gasteiger partial charge in [-0.1, -0.05) is 0 Å². The van der Waals surface area contributed by atoms with E-state index in [0.29, 0.717) is 0 Å². The molecule has 4 nitrogen and oxygen atoms in total. The number of aromatic nitrogens is 2. The molecule has 0 aliphatic rings. The zero-order valence-corrected chi connectivity index (χ0v) is 10.7. The normalized spacial score (nSPS) is 12.4. The first kappa shape index (κ1) is 11.9. The molecule has 1 atom stereocenters. The van der Waals surface area contributed by atoms with Gasteiger partial charge < -0.3 is 9.88 Å². The van der Waals surface area contributed by atoms with E-state index in [1.54, 1.807) is 12.5 Å². The lowest BCUT2D eigenvalue weighted by atomic mass is 10.3. The Morgan fingerprint density at radius 2 is 2.41 bits per heavy atom. The number of hydrogen-bond donors (Lipinski definition) is 1. The molecule has 0 saturated carbocycles. The average Bonchev–Trinajstić information content (AvgIpc) is 2.89. The van der Waals surface area contributed by atoms with E-state index in [1.807, 2.05) is 36.7 Å². The van der Waals surface area contributed by atoms with Crippen molar-refractivity contribution in [3.05, 3.63) is 40.6 Å². The number of rotatable bonds is 4. The monoisotopic (exact) mass is 249 g/mol. The number of carbonyl (C=O) groups excluding carboxylic acids is 1. The molecule has 17 heavy (non-hydrogen) atoms. The number of amides is 1. The zero-order chi connectivity index (χ0) is 12.3. The van der Waals surface area contributed by atoms with E-state index in [9.17, 15) is 4.79 Å². The highest BCUT2D eigenvalue weighted by Gasteiger charge is 2.11. The van der Waals surface area contributed by atoms with E-state index < -0.39 is 0 Å². The number of carbonyl (C=O) groups is 1. The van der Waals surface area contributed by atoms with Crippen molar-refractivity contribution in [3.8, 4) is 0 Å². The van der Waals surface area contributed by atoms with E-state index in [1.165, 1.54) is 11.3 Å². The summed E-state index contributed by atoms with van der Waals surface area (Å²) in [5, 5.41) is 2.97. The second-order valence-corrected chi connectivity index (χ2v) is 5.33. The molecule has 2 rings (SSSR count). The van der Waals surface area contributed by atoms with E-state index in [2.05, 4.69) is 10.3 Å². The first-order valence-corrected chi connectivity index (χ1v) is 6.30. The molecule has 0 aliphatic carbocycles. The van der Waals surface area contributed by atoms with Crippen LogP contribution in [-0.4, -0.2) is 21.5 Å². The predicted molar refractivity (Wildman–Crippen MR) is 68.2 cm³/mol. The number of aryl methyl sites for hydroxylation is 1. The Balaban J connectivity index is 1.90. The molecule has 2 aromatic rings. The van der Waals surface area contributed by atoms with Gasteiger partial charge in [-0.15, -0.1) is 11.3 Å². The van der Waals surface area contributed by atoms with Crippen LogP contribution in [0.2, 0.25) is 0 Å². The highest BCUT2D eigenvalue weighted by atomic mass is 32.1. The van der Waals surface area contributed by atoms with E-state index in [-0.39, 0.29) is 11.9 Å². The van der Waals surface area contributed by atoms with E-state index in [4.69, 9.17) is 0 Å². The van der Waals surface area contributed by atoms with Gasteiger partial charge in [-0.3, -0.25) is 4.79 Å². The summed E-state index contributed by atoms with van der Waals surface area (Å²) in [6, 6.07) is 3.90. The topological polar surface area (TPSA) is 46.9 Å². The van der Waals surface area contributed by atoms with Crippen molar-refractivity contribution >= 4 is 17.2 Å². The third-order valence-corrected chi connectivity index (χ3v) is 3.38. The lowest BCUT2D eigenvalue weighted by Gasteiger charge is -2.13. The van der Waals surface area contributed by atoms with Crippen LogP contribution < -0.4 is 5.32 Å². The molecule has 0 saturated heterocycles. The van der Waals surface area contributed by atoms with Gasteiger partial charge >= 0.3 is 0 Å². The van der Waals surface area contributed by atoms with Crippen molar-refractivity contribution in [1.82, 2.24) is 14.9 Å². The van der Waals surface area contributed by atoms with Crippen LogP contribution in [0.5, 0.6) is 0 Å². The van der Waals surface area contributed by atoms with Gasteiger partial charge in [0, 0.05) is 29.9 Å². The maximum absolute atomic E-state index is 11.9. The quantitative estimate of drug-likeness (QED) is 0.901. The fraction of sp³-hybridized carbons (Fsp3) is 0.333. The first-order valence-electron chi connectivity index (χ1n) is 5.48. The van der Waals surface area contributed by atoms with Gasteiger partial charge in [-0.2, -0.15) is 0 Å². The fourth-order valence-electron chi connectivity index (χ4n) is 1.61. The molecule has 0 fully saturated rings. The molecular weight excluding hydrogens is 234 g/mol. The average molecular weight is 249 g/mol. The first-order chi connectivity index (χ1) is 8.15. The molecule has 1 amide bonds. The van der Waals surface area contributed by atoms with Crippen molar-refractivity contribution in [2.75, 3.05) is 0 Å². The Hall–Kier alpha value is -1.62. The number of imidazole rings is 1. The Kier molecular flexibility index (Phi) is 3.58. The molecule has 1 N–H and O–H groups in total. The SMILES string of the molecule is Cc1ccc(C(=O)NC(C)Cn2ccnc2)s1. The predicted octanol–water partition coefficient (Wildman–Crippen LogP) is 2.07. The van der Waals surface area contributed by atoms with Crippen LogP contribution in [0.1, 0.15) is 21.5 Å². The molecule has 90 valence electrons. The fourth-order valence-corrected chi connectivity index (χ4v) is 2.38. The summed E-state index contributed by atoms with van der Waals surface area (Å²) in [5.41, 5.74) is 0. The third kappa shape index (κ3) is 3.17. The third-order valence-electron chi connectivity index (χ3n) is 2.39. The Labute approximate surface area is 104 Å². The lowest BCUT2D eigenvalue weighted by Crippen LogP contribution is -2.35. The minimum absolute atomic E-state index is 0.00397. The lowest BCUT2D eigenvalue weighted by molar-refractivity contribution is 0.0941. The van der Waals surface area contributed by atoms with Gasteiger partial charge in [0.25, 0.3) is 5.91 Å². The van der Waals surface area contributed by atoms with Crippen LogP contribution >= 0.6 is 11.3 Å². The van der Waals surface area contributed by atoms with Crippen LogP contribution in [-0.2, 0) is 6.54 Å². The summed E-state index contributed by atoms with van der Waals surface area (Å²) in [4.78, 5) is 17.8. The maximum atomic E-state index is 11.9.